The summed E-state index contributed by atoms with van der Waals surface area (Å²) >= 11 is 5.11. The topological polar surface area (TPSA) is 30.0 Å². The molecule has 62 valence electrons. The Labute approximate surface area is 75.9 Å². The van der Waals surface area contributed by atoms with Gasteiger partial charge in [0.1, 0.15) is 0 Å². The number of pyridine rings is 1. The van der Waals surface area contributed by atoms with Gasteiger partial charge < -0.3 is 0 Å². The lowest BCUT2D eigenvalue weighted by molar-refractivity contribution is -0.107. The maximum Gasteiger partial charge on any atom is 0.245 e. The molecule has 2 nitrogen and oxygen atoms in total. The molecule has 1 aromatic heterocycles. The Morgan fingerprint density at radius 2 is 2.33 bits per heavy atom. The second-order valence-corrected chi connectivity index (χ2v) is 2.77. The maximum atomic E-state index is 10.3. The minimum absolute atomic E-state index is 0.489. The molecule has 0 aromatic carbocycles. The highest BCUT2D eigenvalue weighted by Crippen LogP contribution is 2.00. The first kappa shape index (κ1) is 8.94. The number of aryl methyl sites for hydroxylation is 1. The van der Waals surface area contributed by atoms with Crippen molar-refractivity contribution in [3.05, 3.63) is 35.7 Å². The van der Waals surface area contributed by atoms with Crippen molar-refractivity contribution in [3.8, 4) is 0 Å². The quantitative estimate of drug-likeness (QED) is 0.517. The van der Waals surface area contributed by atoms with Crippen molar-refractivity contribution < 1.29 is 4.79 Å². The second-order valence-electron chi connectivity index (χ2n) is 2.40. The maximum absolute atomic E-state index is 10.3. The van der Waals surface area contributed by atoms with Crippen molar-refractivity contribution in [1.82, 2.24) is 4.98 Å². The van der Waals surface area contributed by atoms with Gasteiger partial charge in [0, 0.05) is 6.20 Å². The third-order valence-corrected chi connectivity index (χ3v) is 1.45. The first-order valence-corrected chi connectivity index (χ1v) is 3.86. The van der Waals surface area contributed by atoms with Crippen LogP contribution in [0.25, 0.3) is 6.08 Å². The van der Waals surface area contributed by atoms with Crippen LogP contribution in [0.3, 0.4) is 0 Å². The molecule has 0 saturated carbocycles. The summed E-state index contributed by atoms with van der Waals surface area (Å²) in [5.41, 5.74) is 1.82. The van der Waals surface area contributed by atoms with E-state index in [1.54, 1.807) is 12.3 Å². The van der Waals surface area contributed by atoms with Crippen molar-refractivity contribution in [1.29, 1.82) is 0 Å². The molecule has 1 rings (SSSR count). The summed E-state index contributed by atoms with van der Waals surface area (Å²) < 4.78 is 0. The highest BCUT2D eigenvalue weighted by molar-refractivity contribution is 6.66. The molecule has 0 spiro atoms. The number of hydrogen-bond donors (Lipinski definition) is 0. The molecule has 0 aliphatic rings. The molecule has 0 unspecified atom stereocenters. The van der Waals surface area contributed by atoms with Crippen LogP contribution in [0.15, 0.2) is 24.4 Å². The Balaban J connectivity index is 2.77. The van der Waals surface area contributed by atoms with Crippen LogP contribution in [0.1, 0.15) is 11.3 Å². The zero-order chi connectivity index (χ0) is 8.97. The normalized spacial score (nSPS) is 10.5. The van der Waals surface area contributed by atoms with Crippen LogP contribution >= 0.6 is 11.6 Å². The number of carbonyl (C=O) groups excluding carboxylic acids is 1. The van der Waals surface area contributed by atoms with E-state index in [4.69, 9.17) is 11.6 Å². The standard InChI is InChI=1S/C9H8ClNO/c1-7-2-3-8(11-6-7)4-5-9(10)12/h2-6H,1H3/b5-4+. The van der Waals surface area contributed by atoms with Gasteiger partial charge in [-0.1, -0.05) is 6.07 Å². The predicted molar refractivity (Wildman–Crippen MR) is 48.9 cm³/mol. The number of nitrogens with zero attached hydrogens (tertiary/aromatic N) is 1. The van der Waals surface area contributed by atoms with E-state index in [1.807, 2.05) is 19.1 Å². The fraction of sp³-hybridized carbons (Fsp3) is 0.111. The van der Waals surface area contributed by atoms with Gasteiger partial charge in [-0.15, -0.1) is 0 Å². The lowest BCUT2D eigenvalue weighted by atomic mass is 10.2. The SMILES string of the molecule is Cc1ccc(/C=C/C(=O)Cl)nc1. The average Bonchev–Trinajstić information content (AvgIpc) is 2.03. The van der Waals surface area contributed by atoms with Gasteiger partial charge in [-0.05, 0) is 42.3 Å². The summed E-state index contributed by atoms with van der Waals surface area (Å²) in [4.78, 5) is 14.4. The van der Waals surface area contributed by atoms with Crippen LogP contribution in [0, 0.1) is 6.92 Å². The average molecular weight is 182 g/mol. The minimum atomic E-state index is -0.489. The molecule has 0 saturated heterocycles. The van der Waals surface area contributed by atoms with Crippen molar-refractivity contribution >= 4 is 22.9 Å². The molecule has 1 aromatic rings. The highest BCUT2D eigenvalue weighted by atomic mass is 35.5. The number of hydrogen-bond acceptors (Lipinski definition) is 2. The van der Waals surface area contributed by atoms with Gasteiger partial charge in [0.05, 0.1) is 5.69 Å². The Morgan fingerprint density at radius 1 is 1.58 bits per heavy atom. The zero-order valence-corrected chi connectivity index (χ0v) is 7.38. The van der Waals surface area contributed by atoms with E-state index in [-0.39, 0.29) is 0 Å². The van der Waals surface area contributed by atoms with Crippen LogP contribution in [-0.2, 0) is 4.79 Å². The molecular weight excluding hydrogens is 174 g/mol. The first-order valence-electron chi connectivity index (χ1n) is 3.48. The number of halogens is 1. The molecule has 0 fully saturated rings. The van der Waals surface area contributed by atoms with Gasteiger partial charge >= 0.3 is 0 Å². The smallest absolute Gasteiger partial charge is 0.245 e. The van der Waals surface area contributed by atoms with Crippen LogP contribution in [0.2, 0.25) is 0 Å². The first-order chi connectivity index (χ1) is 5.68. The molecule has 0 amide bonds. The monoisotopic (exact) mass is 181 g/mol. The van der Waals surface area contributed by atoms with E-state index >= 15 is 0 Å². The van der Waals surface area contributed by atoms with Gasteiger partial charge in [0.25, 0.3) is 0 Å². The molecule has 0 bridgehead atoms. The fourth-order valence-electron chi connectivity index (χ4n) is 0.729. The molecule has 0 atom stereocenters. The summed E-state index contributed by atoms with van der Waals surface area (Å²) in [5.74, 6) is 0. The van der Waals surface area contributed by atoms with E-state index < -0.39 is 5.24 Å². The van der Waals surface area contributed by atoms with Crippen molar-refractivity contribution in [2.24, 2.45) is 0 Å². The van der Waals surface area contributed by atoms with Crippen molar-refractivity contribution in [2.75, 3.05) is 0 Å². The van der Waals surface area contributed by atoms with Crippen molar-refractivity contribution in [3.63, 3.8) is 0 Å². The van der Waals surface area contributed by atoms with E-state index in [9.17, 15) is 4.79 Å². The van der Waals surface area contributed by atoms with E-state index in [0.717, 1.165) is 11.3 Å². The van der Waals surface area contributed by atoms with Gasteiger partial charge in [0.15, 0.2) is 0 Å². The second kappa shape index (κ2) is 4.02. The molecule has 0 radical (unpaired) electrons. The Morgan fingerprint density at radius 3 is 2.83 bits per heavy atom. The molecule has 0 N–H and O–H groups in total. The number of rotatable bonds is 2. The molecule has 0 aliphatic heterocycles. The Hall–Kier alpha value is -1.15. The largest absolute Gasteiger partial charge is 0.276 e. The lowest BCUT2D eigenvalue weighted by Crippen LogP contribution is -1.82. The summed E-state index contributed by atoms with van der Waals surface area (Å²) in [6, 6.07) is 3.75. The zero-order valence-electron chi connectivity index (χ0n) is 6.62. The van der Waals surface area contributed by atoms with Gasteiger partial charge in [-0.25, -0.2) is 0 Å². The highest BCUT2D eigenvalue weighted by Gasteiger charge is 1.89. The van der Waals surface area contributed by atoms with E-state index in [1.165, 1.54) is 6.08 Å². The third-order valence-electron chi connectivity index (χ3n) is 1.32. The Kier molecular flexibility index (Phi) is 3.00. The van der Waals surface area contributed by atoms with Crippen LogP contribution in [-0.4, -0.2) is 10.2 Å². The summed E-state index contributed by atoms with van der Waals surface area (Å²) in [6.07, 6.45) is 4.59. The lowest BCUT2D eigenvalue weighted by Gasteiger charge is -1.91. The summed E-state index contributed by atoms with van der Waals surface area (Å²) in [5, 5.41) is -0.489. The van der Waals surface area contributed by atoms with Gasteiger partial charge in [-0.3, -0.25) is 9.78 Å². The molecular formula is C9H8ClNO. The Bertz CT molecular complexity index is 303. The van der Waals surface area contributed by atoms with Gasteiger partial charge in [-0.2, -0.15) is 0 Å². The number of allylic oxidation sites excluding steroid dienone is 1. The van der Waals surface area contributed by atoms with Crippen LogP contribution in [0.4, 0.5) is 0 Å². The number of aromatic nitrogens is 1. The predicted octanol–water partition coefficient (Wildman–Crippen LogP) is 2.17. The molecule has 1 heterocycles. The van der Waals surface area contributed by atoms with E-state index in [0.29, 0.717) is 0 Å². The molecule has 3 heteroatoms. The van der Waals surface area contributed by atoms with Crippen LogP contribution < -0.4 is 0 Å². The minimum Gasteiger partial charge on any atom is -0.276 e. The molecule has 12 heavy (non-hydrogen) atoms. The number of carbonyl (C=O) groups is 1. The van der Waals surface area contributed by atoms with Gasteiger partial charge in [0.2, 0.25) is 5.24 Å². The van der Waals surface area contributed by atoms with Crippen molar-refractivity contribution in [2.45, 2.75) is 6.92 Å². The fourth-order valence-corrected chi connectivity index (χ4v) is 0.792. The summed E-state index contributed by atoms with van der Waals surface area (Å²) in [6.45, 7) is 1.95. The van der Waals surface area contributed by atoms with Crippen LogP contribution in [0.5, 0.6) is 0 Å². The van der Waals surface area contributed by atoms with E-state index in [2.05, 4.69) is 4.98 Å². The third kappa shape index (κ3) is 2.84. The summed E-state index contributed by atoms with van der Waals surface area (Å²) in [7, 11) is 0. The molecule has 0 aliphatic carbocycles.